The summed E-state index contributed by atoms with van der Waals surface area (Å²) in [6, 6.07) is 8.29. The molecule has 0 fully saturated rings. The van der Waals surface area contributed by atoms with Gasteiger partial charge < -0.3 is 15.5 Å². The molecule has 0 saturated carbocycles. The Balaban J connectivity index is 2.47. The molecule has 0 aliphatic carbocycles. The van der Waals surface area contributed by atoms with Crippen molar-refractivity contribution in [1.82, 2.24) is 10.2 Å². The van der Waals surface area contributed by atoms with Gasteiger partial charge in [-0.15, -0.1) is 0 Å². The van der Waals surface area contributed by atoms with Gasteiger partial charge in [-0.25, -0.2) is 0 Å². The maximum absolute atomic E-state index is 11.1. The van der Waals surface area contributed by atoms with Gasteiger partial charge in [-0.3, -0.25) is 4.79 Å². The summed E-state index contributed by atoms with van der Waals surface area (Å²) in [5.74, 6) is -0.0362. The molecule has 118 valence electrons. The van der Waals surface area contributed by atoms with E-state index in [0.29, 0.717) is 0 Å². The number of benzene rings is 1. The van der Waals surface area contributed by atoms with E-state index < -0.39 is 0 Å². The molecular formula is C17H29N3O. The lowest BCUT2D eigenvalue weighted by Gasteiger charge is -2.22. The Bertz CT molecular complexity index is 434. The van der Waals surface area contributed by atoms with Gasteiger partial charge >= 0.3 is 0 Å². The molecule has 1 unspecified atom stereocenters. The quantitative estimate of drug-likeness (QED) is 0.735. The van der Waals surface area contributed by atoms with E-state index in [1.165, 1.54) is 18.9 Å². The lowest BCUT2D eigenvalue weighted by molar-refractivity contribution is -0.114. The average Bonchev–Trinajstić information content (AvgIpc) is 2.45. The summed E-state index contributed by atoms with van der Waals surface area (Å²) < 4.78 is 0. The molecule has 1 aromatic rings. The van der Waals surface area contributed by atoms with Crippen LogP contribution in [0.5, 0.6) is 0 Å². The van der Waals surface area contributed by atoms with E-state index in [4.69, 9.17) is 0 Å². The molecule has 0 aliphatic heterocycles. The Hall–Kier alpha value is -1.39. The highest BCUT2D eigenvalue weighted by atomic mass is 16.1. The van der Waals surface area contributed by atoms with Gasteiger partial charge in [0.25, 0.3) is 0 Å². The number of hydrogen-bond donors (Lipinski definition) is 2. The van der Waals surface area contributed by atoms with Crippen molar-refractivity contribution in [3.05, 3.63) is 29.8 Å². The molecular weight excluding hydrogens is 262 g/mol. The number of anilines is 1. The van der Waals surface area contributed by atoms with Crippen LogP contribution >= 0.6 is 0 Å². The predicted octanol–water partition coefficient (Wildman–Crippen LogP) is 3.03. The first kappa shape index (κ1) is 17.7. The van der Waals surface area contributed by atoms with Crippen molar-refractivity contribution in [2.75, 3.05) is 31.5 Å². The highest BCUT2D eigenvalue weighted by Gasteiger charge is 2.07. The molecule has 0 aliphatic rings. The van der Waals surface area contributed by atoms with E-state index in [9.17, 15) is 4.79 Å². The largest absolute Gasteiger partial charge is 0.326 e. The highest BCUT2D eigenvalue weighted by Crippen LogP contribution is 2.17. The zero-order chi connectivity index (χ0) is 15.7. The van der Waals surface area contributed by atoms with Crippen LogP contribution in [0, 0.1) is 0 Å². The fourth-order valence-electron chi connectivity index (χ4n) is 2.39. The zero-order valence-electron chi connectivity index (χ0n) is 13.8. The van der Waals surface area contributed by atoms with Gasteiger partial charge in [-0.2, -0.15) is 0 Å². The van der Waals surface area contributed by atoms with Crippen LogP contribution in [0.2, 0.25) is 0 Å². The maximum atomic E-state index is 11.1. The smallest absolute Gasteiger partial charge is 0.221 e. The minimum atomic E-state index is -0.0362. The van der Waals surface area contributed by atoms with Gasteiger partial charge in [0.1, 0.15) is 0 Å². The fourth-order valence-corrected chi connectivity index (χ4v) is 2.39. The van der Waals surface area contributed by atoms with Gasteiger partial charge in [0, 0.05) is 31.7 Å². The zero-order valence-corrected chi connectivity index (χ0v) is 13.8. The monoisotopic (exact) mass is 291 g/mol. The molecule has 1 rings (SSSR count). The van der Waals surface area contributed by atoms with E-state index >= 15 is 0 Å². The van der Waals surface area contributed by atoms with E-state index in [-0.39, 0.29) is 11.9 Å². The number of carbonyl (C=O) groups excluding carboxylic acids is 1. The number of nitrogens with one attached hydrogen (secondary N) is 2. The Morgan fingerprint density at radius 1 is 1.29 bits per heavy atom. The van der Waals surface area contributed by atoms with Crippen LogP contribution in [0.25, 0.3) is 0 Å². The summed E-state index contributed by atoms with van der Waals surface area (Å²) in [5, 5.41) is 6.37. The normalized spacial score (nSPS) is 12.4. The summed E-state index contributed by atoms with van der Waals surface area (Å²) in [7, 11) is 0. The van der Waals surface area contributed by atoms with Crippen LogP contribution in [-0.2, 0) is 4.79 Å². The van der Waals surface area contributed by atoms with Crippen molar-refractivity contribution >= 4 is 11.6 Å². The van der Waals surface area contributed by atoms with Crippen molar-refractivity contribution in [2.24, 2.45) is 0 Å². The number of rotatable bonds is 9. The summed E-state index contributed by atoms with van der Waals surface area (Å²) in [6.45, 7) is 12.4. The fraction of sp³-hybridized carbons (Fsp3) is 0.588. The van der Waals surface area contributed by atoms with E-state index in [1.54, 1.807) is 0 Å². The van der Waals surface area contributed by atoms with Crippen LogP contribution in [0.4, 0.5) is 5.69 Å². The van der Waals surface area contributed by atoms with Gasteiger partial charge in [-0.05, 0) is 44.1 Å². The van der Waals surface area contributed by atoms with Gasteiger partial charge in [0.15, 0.2) is 0 Å². The first-order valence-electron chi connectivity index (χ1n) is 7.90. The third-order valence-electron chi connectivity index (χ3n) is 3.57. The second kappa shape index (κ2) is 9.53. The number of likely N-dealkylation sites (N-methyl/N-ethyl adjacent to an activating group) is 1. The van der Waals surface area contributed by atoms with Crippen molar-refractivity contribution in [3.63, 3.8) is 0 Å². The van der Waals surface area contributed by atoms with Gasteiger partial charge in [-0.1, -0.05) is 26.0 Å². The number of hydrogen-bond acceptors (Lipinski definition) is 3. The SMILES string of the molecule is CCCN(CC)CCNC(C)c1cccc(NC(C)=O)c1. The minimum absolute atomic E-state index is 0.0362. The standard InChI is InChI=1S/C17H29N3O/c1-5-11-20(6-2)12-10-18-14(3)16-8-7-9-17(13-16)19-15(4)21/h7-9,13-14,18H,5-6,10-12H2,1-4H3,(H,19,21). The first-order chi connectivity index (χ1) is 10.1. The minimum Gasteiger partial charge on any atom is -0.326 e. The Labute approximate surface area is 128 Å². The first-order valence-corrected chi connectivity index (χ1v) is 7.90. The molecule has 1 atom stereocenters. The Morgan fingerprint density at radius 2 is 2.05 bits per heavy atom. The third-order valence-corrected chi connectivity index (χ3v) is 3.57. The lowest BCUT2D eigenvalue weighted by atomic mass is 10.1. The molecule has 1 amide bonds. The van der Waals surface area contributed by atoms with Crippen LogP contribution in [0.3, 0.4) is 0 Å². The summed E-state index contributed by atoms with van der Waals surface area (Å²) >= 11 is 0. The number of amides is 1. The van der Waals surface area contributed by atoms with Crippen molar-refractivity contribution in [2.45, 2.75) is 40.2 Å². The summed E-state index contributed by atoms with van der Waals surface area (Å²) in [5.41, 5.74) is 2.05. The molecule has 21 heavy (non-hydrogen) atoms. The summed E-state index contributed by atoms with van der Waals surface area (Å²) in [4.78, 5) is 13.6. The van der Waals surface area contributed by atoms with Crippen LogP contribution < -0.4 is 10.6 Å². The molecule has 0 aromatic heterocycles. The maximum Gasteiger partial charge on any atom is 0.221 e. The average molecular weight is 291 g/mol. The summed E-state index contributed by atoms with van der Waals surface area (Å²) in [6.07, 6.45) is 1.20. The predicted molar refractivity (Wildman–Crippen MR) is 89.6 cm³/mol. The molecule has 0 heterocycles. The van der Waals surface area contributed by atoms with Gasteiger partial charge in [0.05, 0.1) is 0 Å². The van der Waals surface area contributed by atoms with Gasteiger partial charge in [0.2, 0.25) is 5.91 Å². The van der Waals surface area contributed by atoms with Crippen LogP contribution in [0.1, 0.15) is 45.7 Å². The van der Waals surface area contributed by atoms with Crippen molar-refractivity contribution in [1.29, 1.82) is 0 Å². The molecule has 0 radical (unpaired) electrons. The van der Waals surface area contributed by atoms with Crippen molar-refractivity contribution in [3.8, 4) is 0 Å². The molecule has 2 N–H and O–H groups in total. The van der Waals surface area contributed by atoms with E-state index in [2.05, 4.69) is 42.4 Å². The molecule has 0 saturated heterocycles. The highest BCUT2D eigenvalue weighted by molar-refractivity contribution is 5.88. The second-order valence-electron chi connectivity index (χ2n) is 5.42. The molecule has 1 aromatic carbocycles. The molecule has 4 nitrogen and oxygen atoms in total. The Morgan fingerprint density at radius 3 is 2.67 bits per heavy atom. The molecule has 0 spiro atoms. The molecule has 0 bridgehead atoms. The van der Waals surface area contributed by atoms with Crippen molar-refractivity contribution < 1.29 is 4.79 Å². The molecule has 4 heteroatoms. The van der Waals surface area contributed by atoms with Crippen LogP contribution in [-0.4, -0.2) is 37.0 Å². The lowest BCUT2D eigenvalue weighted by Crippen LogP contribution is -2.33. The van der Waals surface area contributed by atoms with E-state index in [0.717, 1.165) is 31.9 Å². The van der Waals surface area contributed by atoms with E-state index in [1.807, 2.05) is 18.2 Å². The second-order valence-corrected chi connectivity index (χ2v) is 5.42. The Kier molecular flexibility index (Phi) is 8.01. The number of nitrogens with zero attached hydrogens (tertiary/aromatic N) is 1. The van der Waals surface area contributed by atoms with Crippen LogP contribution in [0.15, 0.2) is 24.3 Å². The number of carbonyl (C=O) groups is 1. The topological polar surface area (TPSA) is 44.4 Å². The third kappa shape index (κ3) is 6.74.